The molecule has 1 amide bonds. The van der Waals surface area contributed by atoms with Gasteiger partial charge in [-0.3, -0.25) is 20.2 Å². The molecule has 24 heavy (non-hydrogen) atoms. The van der Waals surface area contributed by atoms with Crippen molar-refractivity contribution in [2.24, 2.45) is 0 Å². The topological polar surface area (TPSA) is 88.9 Å². The van der Waals surface area contributed by atoms with E-state index in [9.17, 15) is 9.59 Å². The molecule has 2 aromatic carbocycles. The molecule has 3 aromatic rings. The summed E-state index contributed by atoms with van der Waals surface area (Å²) in [5.74, 6) is -0.365. The number of nitrogens with zero attached hydrogens (tertiary/aromatic N) is 3. The van der Waals surface area contributed by atoms with Gasteiger partial charge in [0.15, 0.2) is 0 Å². The van der Waals surface area contributed by atoms with Crippen LogP contribution in [0.3, 0.4) is 0 Å². The van der Waals surface area contributed by atoms with Crippen LogP contribution in [-0.4, -0.2) is 20.4 Å². The first-order chi connectivity index (χ1) is 11.6. The van der Waals surface area contributed by atoms with Crippen molar-refractivity contribution in [1.29, 1.82) is 0 Å². The van der Waals surface area contributed by atoms with Crippen LogP contribution in [0.1, 0.15) is 10.4 Å². The van der Waals surface area contributed by atoms with Crippen LogP contribution in [-0.2, 0) is 0 Å². The molecule has 0 fully saturated rings. The third-order valence-electron chi connectivity index (χ3n) is 3.13. The van der Waals surface area contributed by atoms with Crippen molar-refractivity contribution < 1.29 is 4.79 Å². The molecule has 0 unspecified atom stereocenters. The summed E-state index contributed by atoms with van der Waals surface area (Å²) < 4.78 is 1.26. The summed E-state index contributed by atoms with van der Waals surface area (Å²) in [5.41, 5.74) is 5.47. The molecule has 0 spiro atoms. The molecule has 2 N–H and O–H groups in total. The van der Waals surface area contributed by atoms with Gasteiger partial charge < -0.3 is 0 Å². The molecule has 0 aliphatic carbocycles. The Kier molecular flexibility index (Phi) is 4.53. The zero-order valence-electron chi connectivity index (χ0n) is 12.3. The Morgan fingerprint density at radius 3 is 2.42 bits per heavy atom. The number of hydrogen-bond donors (Lipinski definition) is 2. The normalized spacial score (nSPS) is 10.2. The number of hydrogen-bond acceptors (Lipinski definition) is 5. The molecule has 0 aliphatic heterocycles. The second kappa shape index (κ2) is 6.93. The van der Waals surface area contributed by atoms with E-state index in [2.05, 4.69) is 20.8 Å². The van der Waals surface area contributed by atoms with Gasteiger partial charge in [-0.05, 0) is 36.4 Å². The number of rotatable bonds is 4. The van der Waals surface area contributed by atoms with Gasteiger partial charge >= 0.3 is 5.69 Å². The zero-order valence-corrected chi connectivity index (χ0v) is 13.1. The Hall–Kier alpha value is -3.19. The lowest BCUT2D eigenvalue weighted by molar-refractivity contribution is 0.0962. The molecule has 0 bridgehead atoms. The van der Waals surface area contributed by atoms with Crippen LogP contribution in [0.2, 0.25) is 5.02 Å². The molecule has 0 saturated carbocycles. The number of amides is 1. The lowest BCUT2D eigenvalue weighted by atomic mass is 10.2. The maximum atomic E-state index is 12.1. The number of carbonyl (C=O) groups excluding carboxylic acids is 1. The molecular weight excluding hydrogens is 330 g/mol. The first kappa shape index (κ1) is 15.7. The van der Waals surface area contributed by atoms with E-state index in [1.54, 1.807) is 48.5 Å². The van der Waals surface area contributed by atoms with E-state index in [4.69, 9.17) is 11.6 Å². The van der Waals surface area contributed by atoms with Crippen LogP contribution in [0.15, 0.2) is 65.7 Å². The van der Waals surface area contributed by atoms with Crippen LogP contribution in [0.25, 0.3) is 5.69 Å². The molecule has 0 saturated heterocycles. The summed E-state index contributed by atoms with van der Waals surface area (Å²) in [6.45, 7) is 0. The van der Waals surface area contributed by atoms with Crippen molar-refractivity contribution in [3.8, 4) is 5.69 Å². The van der Waals surface area contributed by atoms with Gasteiger partial charge in [-0.25, -0.2) is 9.78 Å². The van der Waals surface area contributed by atoms with Crippen LogP contribution in [0.4, 0.5) is 5.95 Å². The Morgan fingerprint density at radius 1 is 1.04 bits per heavy atom. The van der Waals surface area contributed by atoms with Gasteiger partial charge in [0.1, 0.15) is 6.33 Å². The van der Waals surface area contributed by atoms with E-state index in [1.807, 2.05) is 6.07 Å². The summed E-state index contributed by atoms with van der Waals surface area (Å²) in [5, 5.41) is 0.564. The highest BCUT2D eigenvalue weighted by Crippen LogP contribution is 2.11. The minimum atomic E-state index is -0.538. The molecule has 8 heteroatoms. The van der Waals surface area contributed by atoms with Crippen molar-refractivity contribution in [2.75, 3.05) is 5.43 Å². The Labute approximate surface area is 141 Å². The molecule has 0 radical (unpaired) electrons. The van der Waals surface area contributed by atoms with Crippen molar-refractivity contribution in [3.63, 3.8) is 0 Å². The standard InChI is InChI=1S/C16H12ClN5O2/c17-12-6-8-13(9-7-12)22-10-18-15(19-16(22)24)21-20-14(23)11-4-2-1-3-5-11/h1-10H,(H,20,23)(H,19,21,24). The van der Waals surface area contributed by atoms with E-state index in [1.165, 1.54) is 10.9 Å². The van der Waals surface area contributed by atoms with Crippen LogP contribution in [0, 0.1) is 0 Å². The minimum Gasteiger partial charge on any atom is -0.267 e. The maximum Gasteiger partial charge on any atom is 0.356 e. The van der Waals surface area contributed by atoms with Crippen molar-refractivity contribution in [1.82, 2.24) is 20.0 Å². The Balaban J connectivity index is 1.72. The van der Waals surface area contributed by atoms with Gasteiger partial charge in [0, 0.05) is 10.6 Å². The average molecular weight is 342 g/mol. The number of aromatic nitrogens is 3. The quantitative estimate of drug-likeness (QED) is 0.709. The fourth-order valence-electron chi connectivity index (χ4n) is 1.95. The van der Waals surface area contributed by atoms with Crippen molar-refractivity contribution in [3.05, 3.63) is 82.0 Å². The Bertz CT molecular complexity index is 910. The van der Waals surface area contributed by atoms with Crippen molar-refractivity contribution >= 4 is 23.5 Å². The molecular formula is C16H12ClN5O2. The summed E-state index contributed by atoms with van der Waals surface area (Å²) >= 11 is 5.82. The molecule has 1 heterocycles. The Morgan fingerprint density at radius 2 is 1.75 bits per heavy atom. The van der Waals surface area contributed by atoms with Crippen LogP contribution < -0.4 is 16.5 Å². The van der Waals surface area contributed by atoms with Gasteiger partial charge in [-0.15, -0.1) is 0 Å². The maximum absolute atomic E-state index is 12.1. The van der Waals surface area contributed by atoms with Crippen LogP contribution in [0.5, 0.6) is 0 Å². The number of hydrazine groups is 1. The highest BCUT2D eigenvalue weighted by molar-refractivity contribution is 6.30. The van der Waals surface area contributed by atoms with E-state index in [0.29, 0.717) is 16.3 Å². The van der Waals surface area contributed by atoms with Gasteiger partial charge in [-0.2, -0.15) is 4.98 Å². The first-order valence-electron chi connectivity index (χ1n) is 6.96. The number of anilines is 1. The van der Waals surface area contributed by atoms with Crippen LogP contribution >= 0.6 is 11.6 Å². The fraction of sp³-hybridized carbons (Fsp3) is 0. The zero-order chi connectivity index (χ0) is 16.9. The van der Waals surface area contributed by atoms with Gasteiger partial charge in [0.2, 0.25) is 5.95 Å². The number of carbonyl (C=O) groups is 1. The highest BCUT2D eigenvalue weighted by Gasteiger charge is 2.07. The summed E-state index contributed by atoms with van der Waals surface area (Å²) in [7, 11) is 0. The molecule has 3 rings (SSSR count). The van der Waals surface area contributed by atoms with Gasteiger partial charge in [0.05, 0.1) is 5.69 Å². The van der Waals surface area contributed by atoms with E-state index >= 15 is 0 Å². The molecule has 1 aromatic heterocycles. The lowest BCUT2D eigenvalue weighted by Gasteiger charge is -2.08. The summed E-state index contributed by atoms with van der Waals surface area (Å²) in [6.07, 6.45) is 1.32. The predicted octanol–water partition coefficient (Wildman–Crippen LogP) is 2.04. The number of nitrogens with one attached hydrogen (secondary N) is 2. The highest BCUT2D eigenvalue weighted by atomic mass is 35.5. The number of benzene rings is 2. The molecule has 0 atom stereocenters. The SMILES string of the molecule is O=C(NNc1ncn(-c2ccc(Cl)cc2)c(=O)n1)c1ccccc1. The van der Waals surface area contributed by atoms with E-state index < -0.39 is 5.69 Å². The molecule has 7 nitrogen and oxygen atoms in total. The van der Waals surface area contributed by atoms with Crippen molar-refractivity contribution in [2.45, 2.75) is 0 Å². The van der Waals surface area contributed by atoms with E-state index in [0.717, 1.165) is 0 Å². The third-order valence-corrected chi connectivity index (χ3v) is 3.38. The second-order valence-corrected chi connectivity index (χ2v) is 5.19. The minimum absolute atomic E-state index is 0.00510. The number of halogens is 1. The van der Waals surface area contributed by atoms with E-state index in [-0.39, 0.29) is 11.9 Å². The summed E-state index contributed by atoms with van der Waals surface area (Å²) in [6, 6.07) is 15.3. The molecule has 0 aliphatic rings. The summed E-state index contributed by atoms with van der Waals surface area (Å²) in [4.78, 5) is 31.7. The smallest absolute Gasteiger partial charge is 0.267 e. The fourth-order valence-corrected chi connectivity index (χ4v) is 2.07. The second-order valence-electron chi connectivity index (χ2n) is 4.75. The molecule has 120 valence electrons. The first-order valence-corrected chi connectivity index (χ1v) is 7.34. The average Bonchev–Trinajstić information content (AvgIpc) is 2.61. The lowest BCUT2D eigenvalue weighted by Crippen LogP contribution is -2.32. The van der Waals surface area contributed by atoms with Gasteiger partial charge in [-0.1, -0.05) is 29.8 Å². The van der Waals surface area contributed by atoms with Gasteiger partial charge in [0.25, 0.3) is 5.91 Å². The largest absolute Gasteiger partial charge is 0.356 e. The predicted molar refractivity (Wildman–Crippen MR) is 90.2 cm³/mol. The third kappa shape index (κ3) is 3.58. The monoisotopic (exact) mass is 341 g/mol.